The van der Waals surface area contributed by atoms with Gasteiger partial charge in [-0.05, 0) is 24.3 Å². The van der Waals surface area contributed by atoms with E-state index in [0.717, 1.165) is 6.07 Å². The Morgan fingerprint density at radius 3 is 2.47 bits per heavy atom. The summed E-state index contributed by atoms with van der Waals surface area (Å²) in [5, 5.41) is 0. The van der Waals surface area contributed by atoms with E-state index in [2.05, 4.69) is 4.98 Å². The van der Waals surface area contributed by atoms with Crippen molar-refractivity contribution < 1.29 is 22.3 Å². The topological polar surface area (TPSA) is 48.1 Å². The van der Waals surface area contributed by atoms with Crippen LogP contribution in [0.25, 0.3) is 0 Å². The molecule has 0 saturated carbocycles. The first kappa shape index (κ1) is 13.1. The molecule has 7 heteroatoms. The highest BCUT2D eigenvalue weighted by atomic mass is 19.4. The second-order valence-electron chi connectivity index (χ2n) is 3.67. The van der Waals surface area contributed by atoms with Crippen LogP contribution >= 0.6 is 0 Å². The van der Waals surface area contributed by atoms with Gasteiger partial charge in [-0.3, -0.25) is 0 Å². The summed E-state index contributed by atoms with van der Waals surface area (Å²) in [5.74, 6) is -1.51. The maximum absolute atomic E-state index is 13.1. The van der Waals surface area contributed by atoms with E-state index in [1.165, 1.54) is 18.3 Å². The van der Waals surface area contributed by atoms with Crippen LogP contribution in [0.2, 0.25) is 0 Å². The van der Waals surface area contributed by atoms with Gasteiger partial charge in [0.15, 0.2) is 0 Å². The van der Waals surface area contributed by atoms with Crippen molar-refractivity contribution >= 4 is 5.69 Å². The smallest absolute Gasteiger partial charge is 0.419 e. The minimum absolute atomic E-state index is 0.0275. The molecule has 0 unspecified atom stereocenters. The van der Waals surface area contributed by atoms with Gasteiger partial charge in [-0.2, -0.15) is 13.2 Å². The molecule has 19 heavy (non-hydrogen) atoms. The summed E-state index contributed by atoms with van der Waals surface area (Å²) in [5.41, 5.74) is 4.43. The molecule has 0 bridgehead atoms. The Morgan fingerprint density at radius 2 is 1.84 bits per heavy atom. The third-order valence-corrected chi connectivity index (χ3v) is 2.22. The highest BCUT2D eigenvalue weighted by Crippen LogP contribution is 2.34. The van der Waals surface area contributed by atoms with Gasteiger partial charge in [-0.1, -0.05) is 0 Å². The van der Waals surface area contributed by atoms with Gasteiger partial charge in [0.2, 0.25) is 5.88 Å². The quantitative estimate of drug-likeness (QED) is 0.849. The van der Waals surface area contributed by atoms with Crippen LogP contribution in [0.1, 0.15) is 5.56 Å². The lowest BCUT2D eigenvalue weighted by Crippen LogP contribution is -2.08. The van der Waals surface area contributed by atoms with Crippen LogP contribution in [0.5, 0.6) is 11.6 Å². The molecule has 0 radical (unpaired) electrons. The van der Waals surface area contributed by atoms with Crippen LogP contribution in [0.3, 0.4) is 0 Å². The summed E-state index contributed by atoms with van der Waals surface area (Å²) < 4.78 is 55.7. The zero-order chi connectivity index (χ0) is 14.0. The van der Waals surface area contributed by atoms with Crippen molar-refractivity contribution in [1.29, 1.82) is 0 Å². The molecule has 1 aromatic heterocycles. The molecule has 2 N–H and O–H groups in total. The van der Waals surface area contributed by atoms with Crippen molar-refractivity contribution in [3.8, 4) is 11.6 Å². The second-order valence-corrected chi connectivity index (χ2v) is 3.67. The van der Waals surface area contributed by atoms with E-state index in [-0.39, 0.29) is 11.6 Å². The molecule has 0 spiro atoms. The molecule has 2 aromatic rings. The molecular formula is C12H8F4N2O. The summed E-state index contributed by atoms with van der Waals surface area (Å²) in [6, 6.07) is 5.18. The molecule has 3 nitrogen and oxygen atoms in total. The molecule has 0 amide bonds. The molecule has 0 aliphatic rings. The van der Waals surface area contributed by atoms with E-state index in [0.29, 0.717) is 17.8 Å². The van der Waals surface area contributed by atoms with E-state index < -0.39 is 17.6 Å². The molecule has 0 atom stereocenters. The van der Waals surface area contributed by atoms with Crippen LogP contribution in [0, 0.1) is 5.82 Å². The van der Waals surface area contributed by atoms with Gasteiger partial charge in [-0.15, -0.1) is 0 Å². The Morgan fingerprint density at radius 1 is 1.11 bits per heavy atom. The summed E-state index contributed by atoms with van der Waals surface area (Å²) in [6.07, 6.45) is -3.44. The Kier molecular flexibility index (Phi) is 3.28. The normalized spacial score (nSPS) is 11.4. The van der Waals surface area contributed by atoms with Crippen LogP contribution in [-0.4, -0.2) is 4.98 Å². The van der Waals surface area contributed by atoms with Crippen LogP contribution < -0.4 is 10.5 Å². The van der Waals surface area contributed by atoms with Gasteiger partial charge >= 0.3 is 6.18 Å². The predicted octanol–water partition coefficient (Wildman–Crippen LogP) is 3.61. The Bertz CT molecular complexity index is 599. The van der Waals surface area contributed by atoms with E-state index in [1.54, 1.807) is 0 Å². The number of rotatable bonds is 2. The summed E-state index contributed by atoms with van der Waals surface area (Å²) >= 11 is 0. The summed E-state index contributed by atoms with van der Waals surface area (Å²) in [7, 11) is 0. The van der Waals surface area contributed by atoms with Crippen molar-refractivity contribution in [2.75, 3.05) is 5.73 Å². The van der Waals surface area contributed by atoms with Gasteiger partial charge in [0.1, 0.15) is 11.6 Å². The molecule has 1 heterocycles. The van der Waals surface area contributed by atoms with E-state index in [9.17, 15) is 17.6 Å². The monoisotopic (exact) mass is 272 g/mol. The fourth-order valence-electron chi connectivity index (χ4n) is 1.39. The predicted molar refractivity (Wildman–Crippen MR) is 60.1 cm³/mol. The lowest BCUT2D eigenvalue weighted by Gasteiger charge is -2.10. The third kappa shape index (κ3) is 3.12. The number of halogens is 4. The van der Waals surface area contributed by atoms with Crippen LogP contribution in [0.15, 0.2) is 36.5 Å². The van der Waals surface area contributed by atoms with Crippen molar-refractivity contribution in [3.63, 3.8) is 0 Å². The third-order valence-electron chi connectivity index (χ3n) is 2.22. The minimum atomic E-state index is -4.79. The van der Waals surface area contributed by atoms with Crippen molar-refractivity contribution in [2.45, 2.75) is 6.18 Å². The lowest BCUT2D eigenvalue weighted by atomic mass is 10.2. The fourth-order valence-corrected chi connectivity index (χ4v) is 1.39. The van der Waals surface area contributed by atoms with Crippen molar-refractivity contribution in [2.24, 2.45) is 0 Å². The maximum atomic E-state index is 13.1. The van der Waals surface area contributed by atoms with Gasteiger partial charge in [0, 0.05) is 18.0 Å². The Balaban J connectivity index is 2.32. The fraction of sp³-hybridized carbons (Fsp3) is 0.0833. The number of pyridine rings is 1. The molecule has 1 aromatic carbocycles. The second kappa shape index (κ2) is 4.75. The zero-order valence-corrected chi connectivity index (χ0v) is 9.41. The van der Waals surface area contributed by atoms with E-state index in [1.807, 2.05) is 0 Å². The first-order valence-electron chi connectivity index (χ1n) is 5.12. The number of nitrogens with two attached hydrogens (primary N) is 1. The van der Waals surface area contributed by atoms with Gasteiger partial charge in [0.25, 0.3) is 0 Å². The molecule has 100 valence electrons. The summed E-state index contributed by atoms with van der Waals surface area (Å²) in [6.45, 7) is 0. The van der Waals surface area contributed by atoms with E-state index >= 15 is 0 Å². The first-order chi connectivity index (χ1) is 8.86. The maximum Gasteiger partial charge on any atom is 0.419 e. The van der Waals surface area contributed by atoms with Crippen LogP contribution in [0.4, 0.5) is 23.2 Å². The molecule has 0 fully saturated rings. The zero-order valence-electron chi connectivity index (χ0n) is 9.41. The van der Waals surface area contributed by atoms with Gasteiger partial charge in [0.05, 0.1) is 5.56 Å². The highest BCUT2D eigenvalue weighted by Gasteiger charge is 2.34. The van der Waals surface area contributed by atoms with Gasteiger partial charge in [-0.25, -0.2) is 9.37 Å². The van der Waals surface area contributed by atoms with E-state index in [4.69, 9.17) is 10.5 Å². The number of ether oxygens (including phenoxy) is 1. The number of hydrogen-bond acceptors (Lipinski definition) is 3. The number of anilines is 1. The molecule has 0 saturated heterocycles. The van der Waals surface area contributed by atoms with Gasteiger partial charge < -0.3 is 10.5 Å². The molecule has 0 aliphatic carbocycles. The Hall–Kier alpha value is -2.31. The minimum Gasteiger partial charge on any atom is -0.439 e. The highest BCUT2D eigenvalue weighted by molar-refractivity contribution is 5.41. The average Bonchev–Trinajstić information content (AvgIpc) is 2.30. The standard InChI is InChI=1S/C12H8F4N2O/c13-10-2-1-8(6-9(10)12(14,15)16)19-11-5-7(17)3-4-18-11/h1-6H,(H2,17,18). The van der Waals surface area contributed by atoms with Crippen molar-refractivity contribution in [3.05, 3.63) is 47.9 Å². The number of nitrogen functional groups attached to an aromatic ring is 1. The number of benzene rings is 1. The SMILES string of the molecule is Nc1ccnc(Oc2ccc(F)c(C(F)(F)F)c2)c1. The number of nitrogens with zero attached hydrogens (tertiary/aromatic N) is 1. The molecule has 0 aliphatic heterocycles. The van der Waals surface area contributed by atoms with Crippen LogP contribution in [-0.2, 0) is 6.18 Å². The average molecular weight is 272 g/mol. The Labute approximate surface area is 105 Å². The lowest BCUT2D eigenvalue weighted by molar-refractivity contribution is -0.140. The number of alkyl halides is 3. The molecule has 2 rings (SSSR count). The van der Waals surface area contributed by atoms with Crippen molar-refractivity contribution in [1.82, 2.24) is 4.98 Å². The first-order valence-corrected chi connectivity index (χ1v) is 5.12. The largest absolute Gasteiger partial charge is 0.439 e. The number of hydrogen-bond donors (Lipinski definition) is 1. The number of aromatic nitrogens is 1. The summed E-state index contributed by atoms with van der Waals surface area (Å²) in [4.78, 5) is 3.77. The molecular weight excluding hydrogens is 264 g/mol.